The highest BCUT2D eigenvalue weighted by molar-refractivity contribution is 5.25. The minimum Gasteiger partial charge on any atom is -0.508 e. The second-order valence-corrected chi connectivity index (χ2v) is 5.48. The van der Waals surface area contributed by atoms with E-state index in [0.717, 1.165) is 12.8 Å². The van der Waals surface area contributed by atoms with Gasteiger partial charge in [-0.2, -0.15) is 5.26 Å². The van der Waals surface area contributed by atoms with Crippen LogP contribution in [0.3, 0.4) is 0 Å². The standard InChI is InChI=1S/C15H22N2O/c1-12(17-11-15(2,3)10-16)4-5-13-6-8-14(18)9-7-13/h6-9,12,17-18H,4-5,11H2,1-3H3. The first kappa shape index (κ1) is 14.5. The Morgan fingerprint density at radius 1 is 1.33 bits per heavy atom. The number of nitrogens with zero attached hydrogens (tertiary/aromatic N) is 1. The van der Waals surface area contributed by atoms with E-state index in [1.54, 1.807) is 12.1 Å². The molecule has 0 heterocycles. The minimum atomic E-state index is -0.313. The van der Waals surface area contributed by atoms with Crippen LogP contribution in [-0.4, -0.2) is 17.7 Å². The van der Waals surface area contributed by atoms with Gasteiger partial charge in [-0.3, -0.25) is 0 Å². The van der Waals surface area contributed by atoms with Crippen LogP contribution in [0.15, 0.2) is 24.3 Å². The second-order valence-electron chi connectivity index (χ2n) is 5.48. The molecule has 0 aliphatic heterocycles. The summed E-state index contributed by atoms with van der Waals surface area (Å²) in [5.74, 6) is 0.306. The Kier molecular flexibility index (Phi) is 5.18. The molecule has 0 aliphatic carbocycles. The molecule has 1 rings (SSSR count). The van der Waals surface area contributed by atoms with Crippen LogP contribution in [0.5, 0.6) is 5.75 Å². The normalized spacial score (nSPS) is 13.0. The predicted octanol–water partition coefficient (Wildman–Crippen LogP) is 2.85. The van der Waals surface area contributed by atoms with Gasteiger partial charge in [0.15, 0.2) is 0 Å². The van der Waals surface area contributed by atoms with Crippen LogP contribution in [-0.2, 0) is 6.42 Å². The third kappa shape index (κ3) is 5.20. The number of hydrogen-bond donors (Lipinski definition) is 2. The first-order chi connectivity index (χ1) is 8.43. The Morgan fingerprint density at radius 3 is 2.50 bits per heavy atom. The zero-order valence-electron chi connectivity index (χ0n) is 11.4. The average Bonchev–Trinajstić information content (AvgIpc) is 2.36. The SMILES string of the molecule is CC(CCc1ccc(O)cc1)NCC(C)(C)C#N. The molecule has 0 spiro atoms. The number of aryl methyl sites for hydroxylation is 1. The van der Waals surface area contributed by atoms with Crippen molar-refractivity contribution < 1.29 is 5.11 Å². The van der Waals surface area contributed by atoms with E-state index in [9.17, 15) is 5.11 Å². The van der Waals surface area contributed by atoms with Gasteiger partial charge in [0.25, 0.3) is 0 Å². The van der Waals surface area contributed by atoms with E-state index in [1.807, 2.05) is 26.0 Å². The summed E-state index contributed by atoms with van der Waals surface area (Å²) >= 11 is 0. The first-order valence-corrected chi connectivity index (χ1v) is 6.35. The molecule has 3 heteroatoms. The van der Waals surface area contributed by atoms with Gasteiger partial charge in [-0.15, -0.1) is 0 Å². The van der Waals surface area contributed by atoms with Gasteiger partial charge in [0.05, 0.1) is 11.5 Å². The highest BCUT2D eigenvalue weighted by atomic mass is 16.3. The largest absolute Gasteiger partial charge is 0.508 e. The summed E-state index contributed by atoms with van der Waals surface area (Å²) in [4.78, 5) is 0. The van der Waals surface area contributed by atoms with Gasteiger partial charge >= 0.3 is 0 Å². The molecule has 98 valence electrons. The molecular weight excluding hydrogens is 224 g/mol. The van der Waals surface area contributed by atoms with Crippen molar-refractivity contribution in [2.45, 2.75) is 39.7 Å². The molecule has 1 unspecified atom stereocenters. The molecule has 18 heavy (non-hydrogen) atoms. The van der Waals surface area contributed by atoms with E-state index >= 15 is 0 Å². The smallest absolute Gasteiger partial charge is 0.115 e. The van der Waals surface area contributed by atoms with Crippen molar-refractivity contribution in [3.05, 3.63) is 29.8 Å². The van der Waals surface area contributed by atoms with E-state index < -0.39 is 0 Å². The van der Waals surface area contributed by atoms with E-state index in [0.29, 0.717) is 18.3 Å². The number of aromatic hydroxyl groups is 1. The summed E-state index contributed by atoms with van der Waals surface area (Å²) in [7, 11) is 0. The molecule has 1 aromatic rings. The number of nitriles is 1. The van der Waals surface area contributed by atoms with Gasteiger partial charge in [-0.25, -0.2) is 0 Å². The molecule has 0 radical (unpaired) electrons. The molecule has 0 aliphatic rings. The van der Waals surface area contributed by atoms with Gasteiger partial charge in [-0.1, -0.05) is 12.1 Å². The number of nitrogens with one attached hydrogen (secondary N) is 1. The van der Waals surface area contributed by atoms with Gasteiger partial charge in [0, 0.05) is 12.6 Å². The molecule has 0 saturated carbocycles. The van der Waals surface area contributed by atoms with Crippen LogP contribution in [0.4, 0.5) is 0 Å². The molecule has 1 atom stereocenters. The van der Waals surface area contributed by atoms with Crippen molar-refractivity contribution in [3.8, 4) is 11.8 Å². The van der Waals surface area contributed by atoms with Crippen molar-refractivity contribution >= 4 is 0 Å². The number of benzene rings is 1. The maximum atomic E-state index is 9.19. The molecule has 0 saturated heterocycles. The van der Waals surface area contributed by atoms with E-state index in [1.165, 1.54) is 5.56 Å². The summed E-state index contributed by atoms with van der Waals surface area (Å²) in [5.41, 5.74) is 0.910. The zero-order valence-corrected chi connectivity index (χ0v) is 11.4. The lowest BCUT2D eigenvalue weighted by atomic mass is 9.95. The third-order valence-corrected chi connectivity index (χ3v) is 3.00. The van der Waals surface area contributed by atoms with Crippen molar-refractivity contribution in [1.82, 2.24) is 5.32 Å². The molecule has 0 bridgehead atoms. The molecule has 0 aromatic heterocycles. The Bertz CT molecular complexity index is 403. The number of phenolic OH excluding ortho intramolecular Hbond substituents is 1. The van der Waals surface area contributed by atoms with E-state index in [2.05, 4.69) is 18.3 Å². The first-order valence-electron chi connectivity index (χ1n) is 6.35. The predicted molar refractivity (Wildman–Crippen MR) is 73.3 cm³/mol. The van der Waals surface area contributed by atoms with E-state index in [4.69, 9.17) is 5.26 Å². The fourth-order valence-electron chi connectivity index (χ4n) is 1.62. The lowest BCUT2D eigenvalue weighted by Gasteiger charge is -2.20. The van der Waals surface area contributed by atoms with Gasteiger partial charge < -0.3 is 10.4 Å². The lowest BCUT2D eigenvalue weighted by Crippen LogP contribution is -2.35. The quantitative estimate of drug-likeness (QED) is 0.811. The molecule has 1 aromatic carbocycles. The van der Waals surface area contributed by atoms with Crippen LogP contribution < -0.4 is 5.32 Å². The maximum absolute atomic E-state index is 9.19. The van der Waals surface area contributed by atoms with Crippen molar-refractivity contribution in [2.75, 3.05) is 6.54 Å². The van der Waals surface area contributed by atoms with Crippen LogP contribution >= 0.6 is 0 Å². The Balaban J connectivity index is 2.31. The molecular formula is C15H22N2O. The Labute approximate surface area is 109 Å². The van der Waals surface area contributed by atoms with Crippen molar-refractivity contribution in [1.29, 1.82) is 5.26 Å². The number of rotatable bonds is 6. The lowest BCUT2D eigenvalue weighted by molar-refractivity contribution is 0.400. The Morgan fingerprint density at radius 2 is 1.94 bits per heavy atom. The highest BCUT2D eigenvalue weighted by Gasteiger charge is 2.17. The van der Waals surface area contributed by atoms with Crippen molar-refractivity contribution in [3.63, 3.8) is 0 Å². The fraction of sp³-hybridized carbons (Fsp3) is 0.533. The summed E-state index contributed by atoms with van der Waals surface area (Å²) in [6.07, 6.45) is 1.99. The molecule has 2 N–H and O–H groups in total. The van der Waals surface area contributed by atoms with Crippen LogP contribution in [0.25, 0.3) is 0 Å². The number of phenols is 1. The van der Waals surface area contributed by atoms with Crippen LogP contribution in [0.2, 0.25) is 0 Å². The fourth-order valence-corrected chi connectivity index (χ4v) is 1.62. The zero-order chi connectivity index (χ0) is 13.6. The molecule has 0 amide bonds. The topological polar surface area (TPSA) is 56.0 Å². The average molecular weight is 246 g/mol. The van der Waals surface area contributed by atoms with Crippen molar-refractivity contribution in [2.24, 2.45) is 5.41 Å². The van der Waals surface area contributed by atoms with Crippen LogP contribution in [0.1, 0.15) is 32.8 Å². The number of hydrogen-bond acceptors (Lipinski definition) is 3. The maximum Gasteiger partial charge on any atom is 0.115 e. The third-order valence-electron chi connectivity index (χ3n) is 3.00. The molecule has 3 nitrogen and oxygen atoms in total. The van der Waals surface area contributed by atoms with Gasteiger partial charge in [-0.05, 0) is 51.3 Å². The van der Waals surface area contributed by atoms with Gasteiger partial charge in [0.2, 0.25) is 0 Å². The van der Waals surface area contributed by atoms with E-state index in [-0.39, 0.29) is 5.41 Å². The molecule has 0 fully saturated rings. The second kappa shape index (κ2) is 6.42. The Hall–Kier alpha value is -1.53. The minimum absolute atomic E-state index is 0.306. The highest BCUT2D eigenvalue weighted by Crippen LogP contribution is 2.13. The summed E-state index contributed by atoms with van der Waals surface area (Å²) in [6, 6.07) is 9.99. The summed E-state index contributed by atoms with van der Waals surface area (Å²) < 4.78 is 0. The summed E-state index contributed by atoms with van der Waals surface area (Å²) in [5, 5.41) is 21.5. The van der Waals surface area contributed by atoms with Crippen LogP contribution in [0, 0.1) is 16.7 Å². The monoisotopic (exact) mass is 246 g/mol. The summed E-state index contributed by atoms with van der Waals surface area (Å²) in [6.45, 7) is 6.72. The van der Waals surface area contributed by atoms with Gasteiger partial charge in [0.1, 0.15) is 5.75 Å².